The monoisotopic (exact) mass is 635 g/mol. The Labute approximate surface area is 259 Å². The van der Waals surface area contributed by atoms with E-state index in [-0.39, 0.29) is 30.0 Å². The van der Waals surface area contributed by atoms with Crippen molar-refractivity contribution < 1.29 is 14.2 Å². The van der Waals surface area contributed by atoms with Gasteiger partial charge in [-0.2, -0.15) is 0 Å². The summed E-state index contributed by atoms with van der Waals surface area (Å²) in [6.07, 6.45) is 1.12. The Bertz CT molecular complexity index is 1470. The highest BCUT2D eigenvalue weighted by atomic mass is 35.5. The van der Waals surface area contributed by atoms with Crippen molar-refractivity contribution in [3.8, 4) is 5.75 Å². The standard InChI is InChI=1S/C31H40Cl3N3O3Si/c1-15(2)41(16(3)4,17(5)6)30-35-23-22(33)26(38-14-18-10-9-11-19(32)12-18)28(34)36-29(23)37(30)24-20-13-21(20)25-27(24)40-31(7,8)39-25/h9-12,15-17,20-21,24-25,27H,13-14H2,1-8H3/t20-,21+,24+,25+,27-/m0/s1. The lowest BCUT2D eigenvalue weighted by molar-refractivity contribution is -0.156. The normalized spacial score (nSPS) is 26.8. The number of rotatable bonds is 8. The lowest BCUT2D eigenvalue weighted by atomic mass is 10.1. The van der Waals surface area contributed by atoms with Crippen LogP contribution in [0.15, 0.2) is 24.3 Å². The summed E-state index contributed by atoms with van der Waals surface area (Å²) in [5, 5.41) is 1.27. The van der Waals surface area contributed by atoms with Gasteiger partial charge in [0.1, 0.15) is 31.3 Å². The minimum absolute atomic E-state index is 0.0627. The van der Waals surface area contributed by atoms with Gasteiger partial charge in [0.2, 0.25) is 0 Å². The highest BCUT2D eigenvalue weighted by Gasteiger charge is 2.67. The first-order valence-electron chi connectivity index (χ1n) is 14.8. The zero-order valence-corrected chi connectivity index (χ0v) is 28.3. The molecule has 1 saturated heterocycles. The number of hydrogen-bond acceptors (Lipinski definition) is 5. The molecule has 3 aliphatic rings. The molecule has 2 saturated carbocycles. The molecule has 2 aliphatic carbocycles. The van der Waals surface area contributed by atoms with Gasteiger partial charge in [0, 0.05) is 5.02 Å². The first-order valence-corrected chi connectivity index (χ1v) is 18.1. The average Bonchev–Trinajstić information content (AvgIpc) is 3.35. The van der Waals surface area contributed by atoms with Gasteiger partial charge in [0.05, 0.1) is 17.6 Å². The third-order valence-electron chi connectivity index (χ3n) is 9.76. The average molecular weight is 637 g/mol. The van der Waals surface area contributed by atoms with E-state index in [0.717, 1.165) is 17.4 Å². The summed E-state index contributed by atoms with van der Waals surface area (Å²) in [5.41, 5.74) is 4.73. The molecule has 6 rings (SSSR count). The first kappa shape index (κ1) is 29.7. The van der Waals surface area contributed by atoms with Crippen LogP contribution >= 0.6 is 34.8 Å². The van der Waals surface area contributed by atoms with Gasteiger partial charge < -0.3 is 18.8 Å². The van der Waals surface area contributed by atoms with E-state index in [4.69, 9.17) is 59.0 Å². The molecule has 1 aromatic carbocycles. The zero-order valence-electron chi connectivity index (χ0n) is 25.0. The number of benzene rings is 1. The maximum atomic E-state index is 7.14. The van der Waals surface area contributed by atoms with Crippen LogP contribution in [0.5, 0.6) is 5.75 Å². The van der Waals surface area contributed by atoms with Gasteiger partial charge in [-0.25, -0.2) is 9.97 Å². The van der Waals surface area contributed by atoms with Crippen LogP contribution in [-0.2, 0) is 16.1 Å². The predicted molar refractivity (Wildman–Crippen MR) is 168 cm³/mol. The Kier molecular flexibility index (Phi) is 7.52. The molecule has 0 amide bonds. The molecule has 0 bridgehead atoms. The van der Waals surface area contributed by atoms with Crippen molar-refractivity contribution in [2.45, 2.75) is 109 Å². The van der Waals surface area contributed by atoms with Crippen molar-refractivity contribution in [1.29, 1.82) is 0 Å². The summed E-state index contributed by atoms with van der Waals surface area (Å²) in [7, 11) is -2.27. The number of hydrogen-bond donors (Lipinski definition) is 0. The number of halogens is 3. The van der Waals surface area contributed by atoms with Crippen LogP contribution < -0.4 is 10.2 Å². The van der Waals surface area contributed by atoms with E-state index in [0.29, 0.717) is 55.4 Å². The van der Waals surface area contributed by atoms with Crippen molar-refractivity contribution in [2.75, 3.05) is 0 Å². The summed E-state index contributed by atoms with van der Waals surface area (Å²) in [5.74, 6) is 0.660. The smallest absolute Gasteiger partial charge is 0.178 e. The minimum atomic E-state index is -2.27. The molecule has 3 fully saturated rings. The van der Waals surface area contributed by atoms with Crippen LogP contribution in [0.3, 0.4) is 0 Å². The summed E-state index contributed by atoms with van der Waals surface area (Å²) >= 11 is 20.2. The van der Waals surface area contributed by atoms with Crippen LogP contribution in [0.4, 0.5) is 0 Å². The highest BCUT2D eigenvalue weighted by Crippen LogP contribution is 2.63. The second-order valence-corrected chi connectivity index (χ2v) is 20.4. The van der Waals surface area contributed by atoms with E-state index in [2.05, 4.69) is 46.1 Å². The number of nitrogens with zero attached hydrogens (tertiary/aromatic N) is 3. The quantitative estimate of drug-likeness (QED) is 0.183. The molecule has 0 spiro atoms. The first-order chi connectivity index (χ1) is 19.3. The highest BCUT2D eigenvalue weighted by molar-refractivity contribution is 6.94. The van der Waals surface area contributed by atoms with Gasteiger partial charge in [-0.05, 0) is 66.4 Å². The number of aromatic nitrogens is 3. The molecule has 3 heterocycles. The molecule has 0 radical (unpaired) electrons. The fourth-order valence-corrected chi connectivity index (χ4v) is 15.6. The van der Waals surface area contributed by atoms with Gasteiger partial charge in [-0.15, -0.1) is 0 Å². The Balaban J connectivity index is 1.55. The van der Waals surface area contributed by atoms with E-state index in [1.807, 2.05) is 38.1 Å². The largest absolute Gasteiger partial charge is 0.484 e. The Morgan fingerprint density at radius 2 is 1.63 bits per heavy atom. The van der Waals surface area contributed by atoms with Crippen molar-refractivity contribution in [3.05, 3.63) is 45.0 Å². The molecular weight excluding hydrogens is 597 g/mol. The molecule has 2 aromatic heterocycles. The van der Waals surface area contributed by atoms with E-state index in [1.54, 1.807) is 0 Å². The van der Waals surface area contributed by atoms with Gasteiger partial charge in [0.15, 0.2) is 22.3 Å². The Hall–Kier alpha value is -1.35. The van der Waals surface area contributed by atoms with Gasteiger partial charge in [-0.3, -0.25) is 0 Å². The number of ether oxygens (including phenoxy) is 3. The summed E-state index contributed by atoms with van der Waals surface area (Å²) in [4.78, 5) is 10.4. The van der Waals surface area contributed by atoms with Crippen molar-refractivity contribution >= 4 is 59.5 Å². The zero-order chi connectivity index (χ0) is 29.6. The molecule has 5 atom stereocenters. The summed E-state index contributed by atoms with van der Waals surface area (Å²) in [6, 6.07) is 7.61. The Morgan fingerprint density at radius 3 is 2.27 bits per heavy atom. The molecule has 10 heteroatoms. The molecule has 1 aliphatic heterocycles. The Morgan fingerprint density at radius 1 is 0.976 bits per heavy atom. The molecule has 0 N–H and O–H groups in total. The molecule has 3 aromatic rings. The molecule has 222 valence electrons. The third kappa shape index (κ3) is 4.65. The molecule has 41 heavy (non-hydrogen) atoms. The van der Waals surface area contributed by atoms with Crippen molar-refractivity contribution in [3.63, 3.8) is 0 Å². The van der Waals surface area contributed by atoms with Gasteiger partial charge >= 0.3 is 0 Å². The third-order valence-corrected chi connectivity index (χ3v) is 17.5. The van der Waals surface area contributed by atoms with Crippen molar-refractivity contribution in [1.82, 2.24) is 14.5 Å². The number of fused-ring (bicyclic) bond motifs is 4. The van der Waals surface area contributed by atoms with Crippen LogP contribution in [0.1, 0.15) is 73.4 Å². The number of pyridine rings is 1. The van der Waals surface area contributed by atoms with Crippen LogP contribution in [-0.4, -0.2) is 40.6 Å². The molecule has 6 nitrogen and oxygen atoms in total. The van der Waals surface area contributed by atoms with E-state index >= 15 is 0 Å². The number of imidazole rings is 1. The summed E-state index contributed by atoms with van der Waals surface area (Å²) < 4.78 is 21.6. The minimum Gasteiger partial charge on any atom is -0.484 e. The second kappa shape index (κ2) is 10.4. The van der Waals surface area contributed by atoms with E-state index in [9.17, 15) is 0 Å². The molecule has 0 unspecified atom stereocenters. The van der Waals surface area contributed by atoms with Crippen LogP contribution in [0, 0.1) is 11.8 Å². The van der Waals surface area contributed by atoms with E-state index in [1.165, 1.54) is 0 Å². The molecular formula is C31H40Cl3N3O3Si. The predicted octanol–water partition coefficient (Wildman–Crippen LogP) is 8.57. The fourth-order valence-electron chi connectivity index (χ4n) is 8.29. The van der Waals surface area contributed by atoms with Gasteiger partial charge in [-0.1, -0.05) is 88.5 Å². The maximum absolute atomic E-state index is 7.14. The van der Waals surface area contributed by atoms with Crippen molar-refractivity contribution in [2.24, 2.45) is 11.8 Å². The SMILES string of the molecule is CC(C)[Si](c1nc2c(Cl)c(OCc3cccc(Cl)c3)c(Cl)nc2n1[C@@H]1[C@H]2C[C@H]2[C@H]2OC(C)(C)O[C@H]21)(C(C)C)C(C)C. The van der Waals surface area contributed by atoms with Gasteiger partial charge in [0.25, 0.3) is 0 Å². The fraction of sp³-hybridized carbons (Fsp3) is 0.613. The lowest BCUT2D eigenvalue weighted by Gasteiger charge is -2.43. The summed E-state index contributed by atoms with van der Waals surface area (Å²) in [6.45, 7) is 18.4. The lowest BCUT2D eigenvalue weighted by Crippen LogP contribution is -2.60. The van der Waals surface area contributed by atoms with Crippen LogP contribution in [0.25, 0.3) is 11.2 Å². The van der Waals surface area contributed by atoms with E-state index < -0.39 is 13.9 Å². The second-order valence-electron chi connectivity index (χ2n) is 13.5. The van der Waals surface area contributed by atoms with Crippen LogP contribution in [0.2, 0.25) is 31.8 Å². The topological polar surface area (TPSA) is 58.4 Å². The maximum Gasteiger partial charge on any atom is 0.178 e.